The molecule has 0 bridgehead atoms. The van der Waals surface area contributed by atoms with Crippen LogP contribution < -0.4 is 24.6 Å². The average molecular weight is 442 g/mol. The molecule has 0 aliphatic carbocycles. The van der Waals surface area contributed by atoms with Crippen molar-refractivity contribution < 1.29 is 32.9 Å². The zero-order chi connectivity index (χ0) is 23.4. The number of ether oxygens (including phenoxy) is 5. The van der Waals surface area contributed by atoms with Gasteiger partial charge in [-0.3, -0.25) is 0 Å². The summed E-state index contributed by atoms with van der Waals surface area (Å²) in [4.78, 5) is 24.8. The van der Waals surface area contributed by atoms with E-state index in [1.165, 1.54) is 39.5 Å². The summed E-state index contributed by atoms with van der Waals surface area (Å²) in [6.07, 6.45) is -0.131. The van der Waals surface area contributed by atoms with E-state index in [1.807, 2.05) is 26.8 Å². The summed E-state index contributed by atoms with van der Waals surface area (Å²) in [7, 11) is 4.40. The van der Waals surface area contributed by atoms with Gasteiger partial charge >= 0.3 is 11.6 Å². The first-order chi connectivity index (χ1) is 15.3. The molecule has 0 saturated carbocycles. The fourth-order valence-corrected chi connectivity index (χ4v) is 3.34. The van der Waals surface area contributed by atoms with Crippen molar-refractivity contribution in [2.75, 3.05) is 21.3 Å². The van der Waals surface area contributed by atoms with Crippen LogP contribution in [0.2, 0.25) is 0 Å². The molecule has 32 heavy (non-hydrogen) atoms. The summed E-state index contributed by atoms with van der Waals surface area (Å²) in [5.74, 6) is 0.875. The van der Waals surface area contributed by atoms with E-state index in [4.69, 9.17) is 28.1 Å². The van der Waals surface area contributed by atoms with E-state index >= 15 is 0 Å². The van der Waals surface area contributed by atoms with Gasteiger partial charge in [-0.1, -0.05) is 0 Å². The first kappa shape index (κ1) is 23.0. The van der Waals surface area contributed by atoms with Crippen LogP contribution in [-0.4, -0.2) is 33.4 Å². The fraction of sp³-hybridized carbons (Fsp3) is 0.333. The number of hydrogen-bond acceptors (Lipinski definition) is 8. The smallest absolute Gasteiger partial charge is 0.338 e. The summed E-state index contributed by atoms with van der Waals surface area (Å²) in [5, 5.41) is 0.736. The molecule has 0 saturated heterocycles. The lowest BCUT2D eigenvalue weighted by molar-refractivity contribution is 0.0468. The molecular weight excluding hydrogens is 416 g/mol. The molecule has 8 nitrogen and oxygen atoms in total. The van der Waals surface area contributed by atoms with E-state index in [1.54, 1.807) is 6.07 Å². The van der Waals surface area contributed by atoms with Crippen LogP contribution in [0.25, 0.3) is 11.0 Å². The highest BCUT2D eigenvalue weighted by atomic mass is 16.5. The molecule has 0 amide bonds. The lowest BCUT2D eigenvalue weighted by Crippen LogP contribution is -2.12. The minimum absolute atomic E-state index is 0.131. The van der Waals surface area contributed by atoms with Gasteiger partial charge in [0.05, 0.1) is 38.6 Å². The van der Waals surface area contributed by atoms with Crippen LogP contribution in [0.4, 0.5) is 0 Å². The molecule has 2 aromatic carbocycles. The summed E-state index contributed by atoms with van der Waals surface area (Å²) in [6, 6.07) is 8.01. The Kier molecular flexibility index (Phi) is 6.92. The third kappa shape index (κ3) is 4.64. The molecule has 1 heterocycles. The van der Waals surface area contributed by atoms with Gasteiger partial charge in [-0.15, -0.1) is 0 Å². The second kappa shape index (κ2) is 9.64. The number of methoxy groups -OCH3 is 3. The number of carbonyl (C=O) groups excluding carboxylic acids is 1. The van der Waals surface area contributed by atoms with Crippen LogP contribution in [0.5, 0.6) is 23.0 Å². The van der Waals surface area contributed by atoms with Gasteiger partial charge in [-0.2, -0.15) is 0 Å². The maximum Gasteiger partial charge on any atom is 0.338 e. The number of fused-ring (bicyclic) bond motifs is 1. The second-order valence-corrected chi connectivity index (χ2v) is 7.32. The first-order valence-corrected chi connectivity index (χ1v) is 9.99. The first-order valence-electron chi connectivity index (χ1n) is 9.99. The quantitative estimate of drug-likeness (QED) is 0.377. The lowest BCUT2D eigenvalue weighted by Gasteiger charge is -2.17. The molecule has 0 unspecified atom stereocenters. The number of rotatable bonds is 8. The number of hydrogen-bond donors (Lipinski definition) is 0. The Balaban J connectivity index is 1.99. The molecule has 0 aliphatic rings. The van der Waals surface area contributed by atoms with Crippen molar-refractivity contribution >= 4 is 16.9 Å². The van der Waals surface area contributed by atoms with Gasteiger partial charge in [-0.05, 0) is 50.6 Å². The van der Waals surface area contributed by atoms with Crippen molar-refractivity contribution in [3.8, 4) is 23.0 Å². The summed E-state index contributed by atoms with van der Waals surface area (Å²) in [5.41, 5.74) is 1.27. The predicted molar refractivity (Wildman–Crippen MR) is 118 cm³/mol. The minimum atomic E-state index is -0.619. The number of carbonyl (C=O) groups is 1. The average Bonchev–Trinajstić information content (AvgIpc) is 2.76. The van der Waals surface area contributed by atoms with E-state index in [0.717, 1.165) is 10.9 Å². The SMILES string of the molecule is COc1cc(C(=O)OCc2c(OC(C)C)ccc3c(C)cc(=O)oc23)cc(OC)c1OC. The topological polar surface area (TPSA) is 93.4 Å². The van der Waals surface area contributed by atoms with Gasteiger partial charge in [0.15, 0.2) is 11.5 Å². The molecule has 0 N–H and O–H groups in total. The monoisotopic (exact) mass is 442 g/mol. The standard InChI is InChI=1S/C24H26O8/c1-13(2)31-18-8-7-16-14(3)9-21(25)32-22(16)17(18)12-30-24(26)15-10-19(27-4)23(29-6)20(11-15)28-5/h7-11,13H,12H2,1-6H3. The minimum Gasteiger partial charge on any atom is -0.493 e. The van der Waals surface area contributed by atoms with E-state index in [2.05, 4.69) is 0 Å². The number of aryl methyl sites for hydroxylation is 1. The Morgan fingerprint density at radius 1 is 0.969 bits per heavy atom. The van der Waals surface area contributed by atoms with Crippen molar-refractivity contribution in [2.24, 2.45) is 0 Å². The third-order valence-corrected chi connectivity index (χ3v) is 4.79. The van der Waals surface area contributed by atoms with Crippen LogP contribution in [0, 0.1) is 6.92 Å². The van der Waals surface area contributed by atoms with Crippen LogP contribution in [0.15, 0.2) is 39.5 Å². The van der Waals surface area contributed by atoms with Gasteiger partial charge in [-0.25, -0.2) is 9.59 Å². The Morgan fingerprint density at radius 2 is 1.62 bits per heavy atom. The zero-order valence-electron chi connectivity index (χ0n) is 18.9. The number of esters is 1. The maximum atomic E-state index is 12.9. The largest absolute Gasteiger partial charge is 0.493 e. The molecule has 3 rings (SSSR count). The van der Waals surface area contributed by atoms with Crippen molar-refractivity contribution in [2.45, 2.75) is 33.5 Å². The number of benzene rings is 2. The molecule has 0 atom stereocenters. The van der Waals surface area contributed by atoms with E-state index in [0.29, 0.717) is 34.1 Å². The molecule has 1 aromatic heterocycles. The van der Waals surface area contributed by atoms with Gasteiger partial charge in [0.2, 0.25) is 5.75 Å². The van der Waals surface area contributed by atoms with Crippen LogP contribution in [0.1, 0.15) is 35.3 Å². The zero-order valence-corrected chi connectivity index (χ0v) is 18.9. The molecule has 0 fully saturated rings. The summed E-state index contributed by atoms with van der Waals surface area (Å²) >= 11 is 0. The summed E-state index contributed by atoms with van der Waals surface area (Å²) in [6.45, 7) is 5.40. The highest BCUT2D eigenvalue weighted by molar-refractivity contribution is 5.91. The Morgan fingerprint density at radius 3 is 2.19 bits per heavy atom. The van der Waals surface area contributed by atoms with E-state index in [9.17, 15) is 9.59 Å². The third-order valence-electron chi connectivity index (χ3n) is 4.79. The molecule has 0 radical (unpaired) electrons. The van der Waals surface area contributed by atoms with Gasteiger partial charge < -0.3 is 28.1 Å². The lowest BCUT2D eigenvalue weighted by atomic mass is 10.1. The van der Waals surface area contributed by atoms with Crippen LogP contribution in [0.3, 0.4) is 0 Å². The van der Waals surface area contributed by atoms with Gasteiger partial charge in [0.1, 0.15) is 17.9 Å². The highest BCUT2D eigenvalue weighted by Gasteiger charge is 2.20. The normalized spacial score (nSPS) is 10.8. The van der Waals surface area contributed by atoms with Gasteiger partial charge in [0.25, 0.3) is 0 Å². The molecule has 3 aromatic rings. The molecular formula is C24H26O8. The molecule has 0 aliphatic heterocycles. The Labute approximate surface area is 185 Å². The fourth-order valence-electron chi connectivity index (χ4n) is 3.34. The van der Waals surface area contributed by atoms with Crippen molar-refractivity contribution in [3.05, 3.63) is 57.4 Å². The Bertz CT molecular complexity index is 1170. The highest BCUT2D eigenvalue weighted by Crippen LogP contribution is 2.38. The van der Waals surface area contributed by atoms with Crippen molar-refractivity contribution in [1.82, 2.24) is 0 Å². The van der Waals surface area contributed by atoms with Crippen LogP contribution in [-0.2, 0) is 11.3 Å². The maximum absolute atomic E-state index is 12.9. The molecule has 8 heteroatoms. The van der Waals surface area contributed by atoms with Crippen molar-refractivity contribution in [1.29, 1.82) is 0 Å². The van der Waals surface area contributed by atoms with E-state index in [-0.39, 0.29) is 18.3 Å². The second-order valence-electron chi connectivity index (χ2n) is 7.32. The Hall–Kier alpha value is -3.68. The van der Waals surface area contributed by atoms with Gasteiger partial charge in [0, 0.05) is 11.5 Å². The van der Waals surface area contributed by atoms with Crippen LogP contribution >= 0.6 is 0 Å². The molecule has 0 spiro atoms. The molecule has 170 valence electrons. The summed E-state index contributed by atoms with van der Waals surface area (Å²) < 4.78 is 32.8. The predicted octanol–water partition coefficient (Wildman–Crippen LogP) is 4.27. The van der Waals surface area contributed by atoms with E-state index < -0.39 is 11.6 Å². The van der Waals surface area contributed by atoms with Crippen molar-refractivity contribution in [3.63, 3.8) is 0 Å².